The summed E-state index contributed by atoms with van der Waals surface area (Å²) < 4.78 is 16.8. The van der Waals surface area contributed by atoms with Crippen molar-refractivity contribution in [2.24, 2.45) is 5.92 Å². The largest absolute Gasteiger partial charge is 0.496 e. The summed E-state index contributed by atoms with van der Waals surface area (Å²) in [5, 5.41) is 10.7. The molecule has 0 radical (unpaired) electrons. The molecule has 202 valence electrons. The van der Waals surface area contributed by atoms with Gasteiger partial charge >= 0.3 is 0 Å². The highest BCUT2D eigenvalue weighted by Gasteiger charge is 2.60. The van der Waals surface area contributed by atoms with Crippen molar-refractivity contribution in [2.75, 3.05) is 19.5 Å². The third-order valence-electron chi connectivity index (χ3n) is 7.13. The lowest BCUT2D eigenvalue weighted by Gasteiger charge is -2.35. The highest BCUT2D eigenvalue weighted by molar-refractivity contribution is 6.36. The number of fused-ring (bicyclic) bond motifs is 1. The van der Waals surface area contributed by atoms with Crippen molar-refractivity contribution in [1.82, 2.24) is 20.2 Å². The number of aromatic nitrogens is 4. The molecule has 2 aliphatic rings. The predicted octanol–water partition coefficient (Wildman–Crippen LogP) is 5.12. The molecule has 0 fully saturated rings. The van der Waals surface area contributed by atoms with Crippen LogP contribution in [0.15, 0.2) is 66.5 Å². The van der Waals surface area contributed by atoms with Crippen molar-refractivity contribution < 1.29 is 23.8 Å². The van der Waals surface area contributed by atoms with Gasteiger partial charge in [-0.15, -0.1) is 0 Å². The quantitative estimate of drug-likeness (QED) is 0.310. The molecular formula is C29H24ClN5O5. The van der Waals surface area contributed by atoms with Crippen molar-refractivity contribution in [3.8, 4) is 40.2 Å². The highest BCUT2D eigenvalue weighted by atomic mass is 35.5. The summed E-state index contributed by atoms with van der Waals surface area (Å²) in [6, 6.07) is 14.6. The lowest BCUT2D eigenvalue weighted by Crippen LogP contribution is -2.55. The Kier molecular flexibility index (Phi) is 6.26. The van der Waals surface area contributed by atoms with Crippen molar-refractivity contribution in [1.29, 1.82) is 0 Å². The Bertz CT molecular complexity index is 1690. The number of ether oxygens (including phenoxy) is 3. The van der Waals surface area contributed by atoms with Crippen LogP contribution in [0.2, 0.25) is 5.02 Å². The number of nitrogens with one attached hydrogen (secondary N) is 2. The number of aromatic amines is 1. The van der Waals surface area contributed by atoms with Gasteiger partial charge in [-0.1, -0.05) is 36.7 Å². The topological polar surface area (TPSA) is 128 Å². The van der Waals surface area contributed by atoms with E-state index < -0.39 is 23.1 Å². The molecule has 1 spiro atoms. The van der Waals surface area contributed by atoms with Crippen molar-refractivity contribution in [3.63, 3.8) is 0 Å². The molecule has 0 saturated heterocycles. The number of rotatable bonds is 6. The maximum atomic E-state index is 13.7. The second kappa shape index (κ2) is 9.80. The van der Waals surface area contributed by atoms with E-state index in [0.717, 1.165) is 11.3 Å². The molecule has 0 bridgehead atoms. The van der Waals surface area contributed by atoms with E-state index in [2.05, 4.69) is 25.5 Å². The van der Waals surface area contributed by atoms with Crippen LogP contribution in [0.3, 0.4) is 0 Å². The van der Waals surface area contributed by atoms with Crippen LogP contribution in [0.1, 0.15) is 23.7 Å². The molecule has 6 rings (SSSR count). The number of methoxy groups -OCH3 is 2. The van der Waals surface area contributed by atoms with Gasteiger partial charge < -0.3 is 19.5 Å². The highest BCUT2D eigenvalue weighted by Crippen LogP contribution is 2.53. The molecule has 0 saturated carbocycles. The van der Waals surface area contributed by atoms with E-state index in [1.54, 1.807) is 13.1 Å². The number of hydrogen-bond acceptors (Lipinski definition) is 9. The van der Waals surface area contributed by atoms with Crippen LogP contribution in [-0.2, 0) is 4.79 Å². The van der Waals surface area contributed by atoms with Gasteiger partial charge in [0.2, 0.25) is 17.2 Å². The molecule has 2 unspecified atom stereocenters. The van der Waals surface area contributed by atoms with E-state index in [9.17, 15) is 9.59 Å². The molecule has 1 aliphatic heterocycles. The monoisotopic (exact) mass is 557 g/mol. The molecule has 2 aromatic carbocycles. The fourth-order valence-electron chi connectivity index (χ4n) is 5.15. The van der Waals surface area contributed by atoms with E-state index in [0.29, 0.717) is 29.5 Å². The lowest BCUT2D eigenvalue weighted by molar-refractivity contribution is -0.129. The number of benzene rings is 2. The molecule has 2 atom stereocenters. The van der Waals surface area contributed by atoms with Crippen LogP contribution in [0.25, 0.3) is 22.9 Å². The van der Waals surface area contributed by atoms with Gasteiger partial charge in [-0.3, -0.25) is 19.7 Å². The molecule has 10 nitrogen and oxygen atoms in total. The normalized spacial score (nSPS) is 19.7. The Labute approximate surface area is 234 Å². The van der Waals surface area contributed by atoms with Crippen LogP contribution >= 0.6 is 11.6 Å². The lowest BCUT2D eigenvalue weighted by atomic mass is 9.74. The Morgan fingerprint density at radius 3 is 2.65 bits per heavy atom. The summed E-state index contributed by atoms with van der Waals surface area (Å²) in [6.07, 6.45) is 3.48. The smallest absolute Gasteiger partial charge is 0.236 e. The molecule has 11 heteroatoms. The number of H-pyrrole nitrogens is 1. The van der Waals surface area contributed by atoms with Gasteiger partial charge in [-0.05, 0) is 30.7 Å². The second-order valence-corrected chi connectivity index (χ2v) is 9.91. The number of anilines is 1. The van der Waals surface area contributed by atoms with E-state index >= 15 is 0 Å². The van der Waals surface area contributed by atoms with E-state index in [1.807, 2.05) is 42.5 Å². The Hall–Kier alpha value is -4.70. The van der Waals surface area contributed by atoms with Gasteiger partial charge in [0, 0.05) is 41.2 Å². The molecule has 0 amide bonds. The molecule has 40 heavy (non-hydrogen) atoms. The number of allylic oxidation sites excluding steroid dienone is 1. The zero-order valence-corrected chi connectivity index (χ0v) is 22.6. The first kappa shape index (κ1) is 25.6. The first-order valence-corrected chi connectivity index (χ1v) is 12.9. The van der Waals surface area contributed by atoms with Gasteiger partial charge in [0.1, 0.15) is 27.8 Å². The second-order valence-electron chi connectivity index (χ2n) is 9.53. The van der Waals surface area contributed by atoms with Gasteiger partial charge in [-0.25, -0.2) is 4.98 Å². The summed E-state index contributed by atoms with van der Waals surface area (Å²) >= 11 is 6.47. The fraction of sp³-hybridized carbons (Fsp3) is 0.207. The number of Topliss-reactive ketones (excluding diaryl/α,β-unsaturated/α-hetero) is 1. The average molecular weight is 558 g/mol. The Morgan fingerprint density at radius 1 is 1.10 bits per heavy atom. The summed E-state index contributed by atoms with van der Waals surface area (Å²) in [7, 11) is 2.88. The SMILES string of the molecule is COc1cc(OC)c2c(c1Cl)OC1(C(=O)C=C(Nc3cccc(-c4n[nH]c(-c5ccccn5)n4)c3)CC1C)C2=O. The van der Waals surface area contributed by atoms with Crippen molar-refractivity contribution in [2.45, 2.75) is 18.9 Å². The van der Waals surface area contributed by atoms with Gasteiger partial charge in [0.15, 0.2) is 17.4 Å². The zero-order chi connectivity index (χ0) is 28.0. The number of halogens is 1. The van der Waals surface area contributed by atoms with Crippen LogP contribution < -0.4 is 19.5 Å². The fourth-order valence-corrected chi connectivity index (χ4v) is 5.41. The van der Waals surface area contributed by atoms with Gasteiger partial charge in [0.05, 0.1) is 14.2 Å². The number of carbonyl (C=O) groups excluding carboxylic acids is 2. The number of ketones is 2. The predicted molar refractivity (Wildman–Crippen MR) is 148 cm³/mol. The maximum Gasteiger partial charge on any atom is 0.236 e. The molecule has 3 heterocycles. The molecule has 4 aromatic rings. The average Bonchev–Trinajstić information content (AvgIpc) is 3.58. The maximum absolute atomic E-state index is 13.7. The molecule has 2 N–H and O–H groups in total. The minimum atomic E-state index is -1.74. The molecule has 1 aliphatic carbocycles. The summed E-state index contributed by atoms with van der Waals surface area (Å²) in [4.78, 5) is 36.2. The molecule has 2 aromatic heterocycles. The van der Waals surface area contributed by atoms with E-state index in [4.69, 9.17) is 25.8 Å². The van der Waals surface area contributed by atoms with E-state index in [1.165, 1.54) is 26.4 Å². The third-order valence-corrected chi connectivity index (χ3v) is 7.49. The minimum Gasteiger partial charge on any atom is -0.496 e. The Morgan fingerprint density at radius 2 is 1.93 bits per heavy atom. The number of pyridine rings is 1. The summed E-state index contributed by atoms with van der Waals surface area (Å²) in [5.74, 6) is 0.229. The van der Waals surface area contributed by atoms with Crippen LogP contribution in [0.5, 0.6) is 17.2 Å². The summed E-state index contributed by atoms with van der Waals surface area (Å²) in [6.45, 7) is 1.80. The van der Waals surface area contributed by atoms with Crippen molar-refractivity contribution >= 4 is 28.9 Å². The Balaban J connectivity index is 1.26. The van der Waals surface area contributed by atoms with Gasteiger partial charge in [0.25, 0.3) is 0 Å². The molecular weight excluding hydrogens is 534 g/mol. The first-order chi connectivity index (χ1) is 19.3. The summed E-state index contributed by atoms with van der Waals surface area (Å²) in [5.41, 5.74) is 1.25. The van der Waals surface area contributed by atoms with E-state index in [-0.39, 0.29) is 27.8 Å². The van der Waals surface area contributed by atoms with Crippen molar-refractivity contribution in [3.05, 3.63) is 77.1 Å². The van der Waals surface area contributed by atoms with Gasteiger partial charge in [-0.2, -0.15) is 5.10 Å². The first-order valence-electron chi connectivity index (χ1n) is 12.5. The zero-order valence-electron chi connectivity index (χ0n) is 21.8. The number of nitrogens with zero attached hydrogens (tertiary/aromatic N) is 3. The van der Waals surface area contributed by atoms with Crippen LogP contribution in [0, 0.1) is 5.92 Å². The third kappa shape index (κ3) is 3.99. The van der Waals surface area contributed by atoms with Crippen LogP contribution in [-0.4, -0.2) is 51.6 Å². The minimum absolute atomic E-state index is 0.0946. The number of carbonyl (C=O) groups is 2. The van der Waals surface area contributed by atoms with Crippen LogP contribution in [0.4, 0.5) is 5.69 Å². The standard InChI is InChI=1S/C29H24ClN5O5/c1-15-11-18(13-22(36)29(15)26(37)23-20(38-2)14-21(39-3)24(30)25(23)40-29)32-17-8-6-7-16(12-17)27-33-28(35-34-27)19-9-4-5-10-31-19/h4-10,12-15,32H,11H2,1-3H3,(H,33,34,35). The number of hydrogen-bond donors (Lipinski definition) is 2.